The van der Waals surface area contributed by atoms with E-state index in [1.54, 1.807) is 12.4 Å². The van der Waals surface area contributed by atoms with Crippen molar-refractivity contribution in [3.63, 3.8) is 0 Å². The number of carbonyl (C=O) groups is 1. The van der Waals surface area contributed by atoms with Gasteiger partial charge in [0.15, 0.2) is 0 Å². The summed E-state index contributed by atoms with van der Waals surface area (Å²) in [5.74, 6) is 2.55. The molecule has 20 heavy (non-hydrogen) atoms. The lowest BCUT2D eigenvalue weighted by Crippen LogP contribution is -2.40. The van der Waals surface area contributed by atoms with Crippen LogP contribution in [0.15, 0.2) is 18.6 Å². The highest BCUT2D eigenvalue weighted by Crippen LogP contribution is 2.32. The molecular formula is C15H22N4O. The minimum absolute atomic E-state index is 0.327. The Morgan fingerprint density at radius 3 is 2.90 bits per heavy atom. The Bertz CT molecular complexity index is 464. The van der Waals surface area contributed by atoms with Crippen LogP contribution in [0.3, 0.4) is 0 Å². The first-order valence-corrected chi connectivity index (χ1v) is 7.56. The summed E-state index contributed by atoms with van der Waals surface area (Å²) in [4.78, 5) is 24.9. The number of likely N-dealkylation sites (tertiary alicyclic amines) is 1. The van der Waals surface area contributed by atoms with Crippen LogP contribution in [0.2, 0.25) is 0 Å². The van der Waals surface area contributed by atoms with Gasteiger partial charge in [-0.25, -0.2) is 4.98 Å². The van der Waals surface area contributed by atoms with Crippen LogP contribution in [0, 0.1) is 11.8 Å². The number of nitrogens with zero attached hydrogens (tertiary/aromatic N) is 4. The molecule has 1 amide bonds. The Kier molecular flexibility index (Phi) is 3.85. The number of hydrogen-bond acceptors (Lipinski definition) is 4. The number of aromatic nitrogens is 2. The quantitative estimate of drug-likeness (QED) is 0.839. The van der Waals surface area contributed by atoms with Crippen molar-refractivity contribution in [3.8, 4) is 0 Å². The summed E-state index contributed by atoms with van der Waals surface area (Å²) < 4.78 is 0. The van der Waals surface area contributed by atoms with Crippen LogP contribution in [-0.4, -0.2) is 47.0 Å². The minimum atomic E-state index is 0.327. The van der Waals surface area contributed by atoms with Crippen LogP contribution in [0.5, 0.6) is 0 Å². The van der Waals surface area contributed by atoms with Crippen molar-refractivity contribution in [1.82, 2.24) is 14.9 Å². The zero-order valence-electron chi connectivity index (χ0n) is 12.0. The van der Waals surface area contributed by atoms with Crippen LogP contribution in [0.4, 0.5) is 5.82 Å². The summed E-state index contributed by atoms with van der Waals surface area (Å²) in [5, 5.41) is 0. The molecule has 0 radical (unpaired) electrons. The van der Waals surface area contributed by atoms with Gasteiger partial charge in [0, 0.05) is 45.0 Å². The monoisotopic (exact) mass is 274 g/mol. The maximum absolute atomic E-state index is 12.0. The number of anilines is 1. The molecule has 0 aromatic carbocycles. The molecule has 2 aliphatic heterocycles. The molecule has 0 spiro atoms. The van der Waals surface area contributed by atoms with E-state index in [1.807, 2.05) is 6.20 Å². The Morgan fingerprint density at radius 2 is 2.15 bits per heavy atom. The number of carbonyl (C=O) groups excluding carboxylic acids is 1. The van der Waals surface area contributed by atoms with Crippen molar-refractivity contribution in [1.29, 1.82) is 0 Å². The molecule has 2 atom stereocenters. The lowest BCUT2D eigenvalue weighted by atomic mass is 9.89. The molecule has 0 bridgehead atoms. The first-order valence-electron chi connectivity index (χ1n) is 7.56. The topological polar surface area (TPSA) is 49.3 Å². The summed E-state index contributed by atoms with van der Waals surface area (Å²) in [6.07, 6.45) is 8.06. The fraction of sp³-hybridized carbons (Fsp3) is 0.667. The lowest BCUT2D eigenvalue weighted by Gasteiger charge is -2.34. The molecule has 0 unspecified atom stereocenters. The van der Waals surface area contributed by atoms with Gasteiger partial charge in [-0.15, -0.1) is 0 Å². The third kappa shape index (κ3) is 2.62. The van der Waals surface area contributed by atoms with E-state index in [9.17, 15) is 4.79 Å². The smallest absolute Gasteiger partial charge is 0.222 e. The maximum Gasteiger partial charge on any atom is 0.222 e. The lowest BCUT2D eigenvalue weighted by molar-refractivity contribution is -0.130. The van der Waals surface area contributed by atoms with E-state index in [4.69, 9.17) is 0 Å². The molecular weight excluding hydrogens is 252 g/mol. The van der Waals surface area contributed by atoms with Gasteiger partial charge in [-0.1, -0.05) is 6.92 Å². The Labute approximate surface area is 120 Å². The molecule has 1 aromatic rings. The van der Waals surface area contributed by atoms with Crippen molar-refractivity contribution >= 4 is 11.7 Å². The molecule has 0 aliphatic carbocycles. The fourth-order valence-electron chi connectivity index (χ4n) is 3.41. The van der Waals surface area contributed by atoms with Gasteiger partial charge in [0.05, 0.1) is 6.20 Å². The Balaban J connectivity index is 1.63. The number of piperidine rings is 1. The number of rotatable bonds is 3. The van der Waals surface area contributed by atoms with E-state index in [0.29, 0.717) is 24.2 Å². The number of fused-ring (bicyclic) bond motifs is 1. The zero-order chi connectivity index (χ0) is 13.9. The molecule has 108 valence electrons. The molecule has 3 rings (SSSR count). The van der Waals surface area contributed by atoms with Gasteiger partial charge in [0.2, 0.25) is 5.91 Å². The van der Waals surface area contributed by atoms with Crippen molar-refractivity contribution in [3.05, 3.63) is 18.6 Å². The fourth-order valence-corrected chi connectivity index (χ4v) is 3.41. The normalized spacial score (nSPS) is 25.6. The standard InChI is InChI=1S/C15H22N4O/c1-2-3-15(20)19-9-12-4-7-18(10-13(12)11-19)14-8-16-5-6-17-14/h5-6,8,12-13H,2-4,7,9-11H2,1H3/t12-,13+/m1/s1. The maximum atomic E-state index is 12.0. The molecule has 3 heterocycles. The van der Waals surface area contributed by atoms with Gasteiger partial charge in [-0.05, 0) is 24.7 Å². The Morgan fingerprint density at radius 1 is 1.30 bits per heavy atom. The van der Waals surface area contributed by atoms with Gasteiger partial charge in [-0.3, -0.25) is 9.78 Å². The van der Waals surface area contributed by atoms with Gasteiger partial charge < -0.3 is 9.80 Å². The minimum Gasteiger partial charge on any atom is -0.355 e. The third-order valence-corrected chi connectivity index (χ3v) is 4.49. The first-order chi connectivity index (χ1) is 9.78. The Hall–Kier alpha value is -1.65. The van der Waals surface area contributed by atoms with E-state index in [1.165, 1.54) is 0 Å². The van der Waals surface area contributed by atoms with Crippen LogP contribution < -0.4 is 4.90 Å². The van der Waals surface area contributed by atoms with Gasteiger partial charge >= 0.3 is 0 Å². The number of amides is 1. The summed E-state index contributed by atoms with van der Waals surface area (Å²) in [6.45, 7) is 5.96. The zero-order valence-corrected chi connectivity index (χ0v) is 12.0. The highest BCUT2D eigenvalue weighted by Gasteiger charge is 2.38. The summed E-state index contributed by atoms with van der Waals surface area (Å²) >= 11 is 0. The summed E-state index contributed by atoms with van der Waals surface area (Å²) in [6, 6.07) is 0. The molecule has 5 nitrogen and oxygen atoms in total. The van der Waals surface area contributed by atoms with E-state index in [0.717, 1.165) is 44.8 Å². The van der Waals surface area contributed by atoms with E-state index in [2.05, 4.69) is 26.7 Å². The SMILES string of the molecule is CCCC(=O)N1C[C@H]2CCN(c3cnccn3)C[C@H]2C1. The van der Waals surface area contributed by atoms with E-state index >= 15 is 0 Å². The van der Waals surface area contributed by atoms with E-state index < -0.39 is 0 Å². The van der Waals surface area contributed by atoms with Gasteiger partial charge in [-0.2, -0.15) is 0 Å². The van der Waals surface area contributed by atoms with Crippen molar-refractivity contribution in [2.45, 2.75) is 26.2 Å². The summed E-state index contributed by atoms with van der Waals surface area (Å²) in [7, 11) is 0. The second-order valence-corrected chi connectivity index (χ2v) is 5.87. The van der Waals surface area contributed by atoms with Crippen molar-refractivity contribution in [2.75, 3.05) is 31.1 Å². The molecule has 0 saturated carbocycles. The molecule has 2 saturated heterocycles. The summed E-state index contributed by atoms with van der Waals surface area (Å²) in [5.41, 5.74) is 0. The van der Waals surface area contributed by atoms with Crippen LogP contribution in [0.1, 0.15) is 26.2 Å². The second kappa shape index (κ2) is 5.77. The second-order valence-electron chi connectivity index (χ2n) is 5.87. The first kappa shape index (κ1) is 13.3. The van der Waals surface area contributed by atoms with Gasteiger partial charge in [0.1, 0.15) is 5.82 Å². The van der Waals surface area contributed by atoms with Crippen LogP contribution in [-0.2, 0) is 4.79 Å². The largest absolute Gasteiger partial charge is 0.355 e. The van der Waals surface area contributed by atoms with E-state index in [-0.39, 0.29) is 0 Å². The highest BCUT2D eigenvalue weighted by molar-refractivity contribution is 5.76. The van der Waals surface area contributed by atoms with Crippen molar-refractivity contribution < 1.29 is 4.79 Å². The van der Waals surface area contributed by atoms with Crippen molar-refractivity contribution in [2.24, 2.45) is 11.8 Å². The predicted octanol–water partition coefficient (Wildman–Crippen LogP) is 1.56. The number of hydrogen-bond donors (Lipinski definition) is 0. The molecule has 5 heteroatoms. The van der Waals surface area contributed by atoms with Crippen LogP contribution >= 0.6 is 0 Å². The molecule has 2 fully saturated rings. The van der Waals surface area contributed by atoms with Gasteiger partial charge in [0.25, 0.3) is 0 Å². The molecule has 2 aliphatic rings. The predicted molar refractivity (Wildman–Crippen MR) is 77.3 cm³/mol. The third-order valence-electron chi connectivity index (χ3n) is 4.49. The molecule has 0 N–H and O–H groups in total. The average Bonchev–Trinajstić information content (AvgIpc) is 2.91. The van der Waals surface area contributed by atoms with Crippen LogP contribution in [0.25, 0.3) is 0 Å². The highest BCUT2D eigenvalue weighted by atomic mass is 16.2. The average molecular weight is 274 g/mol. The molecule has 1 aromatic heterocycles.